The number of ether oxygens (including phenoxy) is 1. The maximum Gasteiger partial charge on any atom is 0.118 e. The molecular formula is C9H9BrClNO. The minimum absolute atomic E-state index is 0.155. The van der Waals surface area contributed by atoms with Gasteiger partial charge in [0.1, 0.15) is 6.10 Å². The molecule has 1 aromatic heterocycles. The van der Waals surface area contributed by atoms with E-state index in [1.165, 1.54) is 0 Å². The fourth-order valence-electron chi connectivity index (χ4n) is 0.941. The molecule has 13 heavy (non-hydrogen) atoms. The molecule has 0 saturated carbocycles. The molecule has 4 heteroatoms. The molecule has 70 valence electrons. The van der Waals surface area contributed by atoms with Gasteiger partial charge in [0.05, 0.1) is 5.69 Å². The predicted molar refractivity (Wildman–Crippen MR) is 57.1 cm³/mol. The average Bonchev–Trinajstić information content (AvgIpc) is 2.14. The molecule has 0 N–H and O–H groups in total. The minimum atomic E-state index is -0.155. The van der Waals surface area contributed by atoms with Gasteiger partial charge in [-0.3, -0.25) is 4.98 Å². The summed E-state index contributed by atoms with van der Waals surface area (Å²) in [4.78, 5) is 5.89. The van der Waals surface area contributed by atoms with Gasteiger partial charge in [0.15, 0.2) is 0 Å². The predicted octanol–water partition coefficient (Wildman–Crippen LogP) is 3.33. The number of hydrogen-bond donors (Lipinski definition) is 0. The second-order valence-electron chi connectivity index (χ2n) is 2.37. The number of halogens is 2. The quantitative estimate of drug-likeness (QED) is 0.833. The maximum atomic E-state index is 5.81. The topological polar surface area (TPSA) is 22.1 Å². The Labute approximate surface area is 90.7 Å². The number of rotatable bonds is 3. The van der Waals surface area contributed by atoms with Crippen LogP contribution in [0.2, 0.25) is 5.02 Å². The first kappa shape index (κ1) is 10.7. The molecule has 0 saturated heterocycles. The second kappa shape index (κ2) is 5.37. The Hall–Kier alpha value is -0.380. The largest absolute Gasteiger partial charge is 0.371 e. The van der Waals surface area contributed by atoms with Crippen LogP contribution in [0, 0.1) is 0 Å². The van der Waals surface area contributed by atoms with E-state index in [0.717, 1.165) is 5.69 Å². The van der Waals surface area contributed by atoms with Gasteiger partial charge >= 0.3 is 0 Å². The number of aromatic nitrogens is 1. The average molecular weight is 263 g/mol. The van der Waals surface area contributed by atoms with E-state index in [9.17, 15) is 0 Å². The molecule has 0 aromatic carbocycles. The first-order chi connectivity index (χ1) is 6.27. The third kappa shape index (κ3) is 3.10. The molecular weight excluding hydrogens is 253 g/mol. The molecule has 0 fully saturated rings. The summed E-state index contributed by atoms with van der Waals surface area (Å²) in [5, 5.41) is 0.662. The monoisotopic (exact) mass is 261 g/mol. The molecule has 0 aliphatic carbocycles. The van der Waals surface area contributed by atoms with Crippen LogP contribution in [0.3, 0.4) is 0 Å². The van der Waals surface area contributed by atoms with Crippen LogP contribution in [-0.4, -0.2) is 12.1 Å². The minimum Gasteiger partial charge on any atom is -0.371 e. The highest BCUT2D eigenvalue weighted by molar-refractivity contribution is 9.11. The Balaban J connectivity index is 2.91. The molecule has 0 amide bonds. The Morgan fingerprint density at radius 3 is 3.00 bits per heavy atom. The number of hydrogen-bond acceptors (Lipinski definition) is 2. The standard InChI is InChI=1S/C9H9BrClNO/c1-13-9(2-4-10)8-6-7(11)3-5-12-8/h2-6,9H,1H3/b4-2+. The molecule has 1 heterocycles. The van der Waals surface area contributed by atoms with Crippen LogP contribution >= 0.6 is 27.5 Å². The van der Waals surface area contributed by atoms with E-state index in [1.54, 1.807) is 30.4 Å². The molecule has 0 bridgehead atoms. The molecule has 0 spiro atoms. The lowest BCUT2D eigenvalue weighted by molar-refractivity contribution is 0.139. The van der Waals surface area contributed by atoms with Crippen LogP contribution in [0.5, 0.6) is 0 Å². The van der Waals surface area contributed by atoms with Gasteiger partial charge in [-0.1, -0.05) is 27.5 Å². The van der Waals surface area contributed by atoms with Crippen LogP contribution in [-0.2, 0) is 4.74 Å². The van der Waals surface area contributed by atoms with Crippen LogP contribution in [0.1, 0.15) is 11.8 Å². The number of methoxy groups -OCH3 is 1. The van der Waals surface area contributed by atoms with E-state index >= 15 is 0 Å². The summed E-state index contributed by atoms with van der Waals surface area (Å²) in [5.41, 5.74) is 0.797. The van der Waals surface area contributed by atoms with Gasteiger partial charge < -0.3 is 4.74 Å². The molecule has 1 unspecified atom stereocenters. The van der Waals surface area contributed by atoms with Gasteiger partial charge in [-0.05, 0) is 23.2 Å². The molecule has 1 aromatic rings. The SMILES string of the molecule is COC(/C=C/Br)c1cc(Cl)ccn1. The normalized spacial score (nSPS) is 13.5. The Morgan fingerprint density at radius 2 is 2.46 bits per heavy atom. The highest BCUT2D eigenvalue weighted by Crippen LogP contribution is 2.19. The highest BCUT2D eigenvalue weighted by atomic mass is 79.9. The van der Waals surface area contributed by atoms with Gasteiger partial charge in [0.2, 0.25) is 0 Å². The van der Waals surface area contributed by atoms with Crippen LogP contribution in [0.15, 0.2) is 29.4 Å². The summed E-state index contributed by atoms with van der Waals surface area (Å²) in [6.45, 7) is 0. The lowest BCUT2D eigenvalue weighted by atomic mass is 10.2. The van der Waals surface area contributed by atoms with Gasteiger partial charge in [-0.25, -0.2) is 0 Å². The van der Waals surface area contributed by atoms with Crippen molar-refractivity contribution >= 4 is 27.5 Å². The van der Waals surface area contributed by atoms with Crippen molar-refractivity contribution in [1.29, 1.82) is 0 Å². The zero-order valence-corrected chi connectivity index (χ0v) is 9.42. The first-order valence-corrected chi connectivity index (χ1v) is 4.98. The lowest BCUT2D eigenvalue weighted by Crippen LogP contribution is -1.99. The summed E-state index contributed by atoms with van der Waals surface area (Å²) < 4.78 is 5.19. The van der Waals surface area contributed by atoms with Crippen molar-refractivity contribution in [2.24, 2.45) is 0 Å². The highest BCUT2D eigenvalue weighted by Gasteiger charge is 2.07. The smallest absolute Gasteiger partial charge is 0.118 e. The van der Waals surface area contributed by atoms with E-state index in [2.05, 4.69) is 20.9 Å². The third-order valence-electron chi connectivity index (χ3n) is 1.54. The Kier molecular flexibility index (Phi) is 4.42. The van der Waals surface area contributed by atoms with Crippen molar-refractivity contribution in [3.63, 3.8) is 0 Å². The molecule has 0 aliphatic heterocycles. The van der Waals surface area contributed by atoms with Gasteiger partial charge in [0.25, 0.3) is 0 Å². The van der Waals surface area contributed by atoms with Gasteiger partial charge in [0, 0.05) is 18.3 Å². The van der Waals surface area contributed by atoms with Gasteiger partial charge in [-0.15, -0.1) is 0 Å². The zero-order valence-electron chi connectivity index (χ0n) is 7.08. The third-order valence-corrected chi connectivity index (χ3v) is 2.08. The van der Waals surface area contributed by atoms with Crippen molar-refractivity contribution in [3.05, 3.63) is 40.1 Å². The van der Waals surface area contributed by atoms with Crippen LogP contribution in [0.25, 0.3) is 0 Å². The second-order valence-corrected chi connectivity index (χ2v) is 3.34. The molecule has 1 rings (SSSR count). The fraction of sp³-hybridized carbons (Fsp3) is 0.222. The zero-order chi connectivity index (χ0) is 9.68. The molecule has 0 radical (unpaired) electrons. The fourth-order valence-corrected chi connectivity index (χ4v) is 1.39. The summed E-state index contributed by atoms with van der Waals surface area (Å²) in [5.74, 6) is 0. The number of pyridine rings is 1. The van der Waals surface area contributed by atoms with E-state index in [4.69, 9.17) is 16.3 Å². The lowest BCUT2D eigenvalue weighted by Gasteiger charge is -2.09. The van der Waals surface area contributed by atoms with Crippen molar-refractivity contribution in [2.45, 2.75) is 6.10 Å². The van der Waals surface area contributed by atoms with E-state index < -0.39 is 0 Å². The Bertz CT molecular complexity index is 303. The van der Waals surface area contributed by atoms with Crippen molar-refractivity contribution in [2.75, 3.05) is 7.11 Å². The van der Waals surface area contributed by atoms with E-state index in [0.29, 0.717) is 5.02 Å². The van der Waals surface area contributed by atoms with Crippen LogP contribution in [0.4, 0.5) is 0 Å². The summed E-state index contributed by atoms with van der Waals surface area (Å²) in [6.07, 6.45) is 3.35. The summed E-state index contributed by atoms with van der Waals surface area (Å²) >= 11 is 9.00. The first-order valence-electron chi connectivity index (χ1n) is 3.69. The van der Waals surface area contributed by atoms with Crippen molar-refractivity contribution in [1.82, 2.24) is 4.98 Å². The van der Waals surface area contributed by atoms with Crippen LogP contribution < -0.4 is 0 Å². The van der Waals surface area contributed by atoms with E-state index in [1.807, 2.05) is 6.08 Å². The molecule has 2 nitrogen and oxygen atoms in total. The van der Waals surface area contributed by atoms with Crippen molar-refractivity contribution < 1.29 is 4.74 Å². The van der Waals surface area contributed by atoms with Gasteiger partial charge in [-0.2, -0.15) is 0 Å². The van der Waals surface area contributed by atoms with E-state index in [-0.39, 0.29) is 6.10 Å². The molecule has 0 aliphatic rings. The van der Waals surface area contributed by atoms with Crippen molar-refractivity contribution in [3.8, 4) is 0 Å². The summed E-state index contributed by atoms with van der Waals surface area (Å²) in [6, 6.07) is 3.51. The maximum absolute atomic E-state index is 5.81. The summed E-state index contributed by atoms with van der Waals surface area (Å²) in [7, 11) is 1.63. The molecule has 1 atom stereocenters. The Morgan fingerprint density at radius 1 is 1.69 bits per heavy atom. The number of nitrogens with zero attached hydrogens (tertiary/aromatic N) is 1.